The molecule has 16 nitrogen and oxygen atoms in total. The molecule has 2 aliphatic rings. The van der Waals surface area contributed by atoms with Crippen LogP contribution in [0.25, 0.3) is 0 Å². The summed E-state index contributed by atoms with van der Waals surface area (Å²) in [6.45, 7) is 0. The fraction of sp³-hybridized carbons (Fsp3) is 0.162. The van der Waals surface area contributed by atoms with Crippen molar-refractivity contribution < 1.29 is 80.3 Å². The van der Waals surface area contributed by atoms with Crippen molar-refractivity contribution in [2.24, 2.45) is 0 Å². The van der Waals surface area contributed by atoms with Crippen LogP contribution in [0.1, 0.15) is 56.3 Å². The van der Waals surface area contributed by atoms with Gasteiger partial charge in [-0.3, -0.25) is 0 Å². The topological polar surface area (TPSA) is 288 Å². The van der Waals surface area contributed by atoms with Crippen LogP contribution in [-0.4, -0.2) is 79.5 Å². The summed E-state index contributed by atoms with van der Waals surface area (Å²) in [7, 11) is 0. The second kappa shape index (κ2) is 12.6. The fourth-order valence-electron chi connectivity index (χ4n) is 6.72. The van der Waals surface area contributed by atoms with Gasteiger partial charge in [-0.25, -0.2) is 4.79 Å². The van der Waals surface area contributed by atoms with Gasteiger partial charge in [-0.2, -0.15) is 0 Å². The summed E-state index contributed by atoms with van der Waals surface area (Å²) in [5.41, 5.74) is -0.276. The molecular formula is C37H30O16. The van der Waals surface area contributed by atoms with Crippen molar-refractivity contribution in [1.29, 1.82) is 0 Å². The standard InChI is InChI=1S/C37H30O16/c38-16-10-22(42)30-28(11-16)51-34(14-6-23(43)31(48)24(44)7-14)36(53-37(50)15-8-25(45)32(49)26(46)9-15)29(30)17-2-4-19(39)18-12-27(47)33(52-35(17)18)13-1-3-20(40)21(41)5-13/h1-11,27,29,33-34,36,38-49H,12H2. The molecule has 0 radical (unpaired) electrons. The van der Waals surface area contributed by atoms with Crippen molar-refractivity contribution >= 4 is 5.97 Å². The number of benzene rings is 5. The quantitative estimate of drug-likeness (QED) is 0.0899. The number of carbonyl (C=O) groups excluding carboxylic acids is 1. The van der Waals surface area contributed by atoms with Gasteiger partial charge < -0.3 is 75.5 Å². The van der Waals surface area contributed by atoms with Crippen molar-refractivity contribution in [3.05, 3.63) is 100 Å². The second-order valence-electron chi connectivity index (χ2n) is 12.6. The van der Waals surface area contributed by atoms with Crippen LogP contribution in [0.4, 0.5) is 0 Å². The molecule has 0 saturated heterocycles. The number of aliphatic hydroxyl groups is 1. The van der Waals surface area contributed by atoms with Crippen LogP contribution in [0.5, 0.6) is 74.7 Å². The lowest BCUT2D eigenvalue weighted by Crippen LogP contribution is -2.39. The van der Waals surface area contributed by atoms with E-state index in [0.717, 1.165) is 36.4 Å². The number of esters is 1. The minimum absolute atomic E-state index is 0.0747. The number of phenols is 11. The highest BCUT2D eigenvalue weighted by molar-refractivity contribution is 5.91. The van der Waals surface area contributed by atoms with E-state index in [2.05, 4.69) is 0 Å². The van der Waals surface area contributed by atoms with Crippen LogP contribution in [-0.2, 0) is 11.2 Å². The predicted octanol–water partition coefficient (Wildman–Crippen LogP) is 3.98. The zero-order valence-electron chi connectivity index (χ0n) is 26.9. The number of hydrogen-bond donors (Lipinski definition) is 12. The molecule has 5 atom stereocenters. The molecule has 16 heteroatoms. The first-order valence-electron chi connectivity index (χ1n) is 15.8. The van der Waals surface area contributed by atoms with E-state index >= 15 is 0 Å². The average Bonchev–Trinajstić information content (AvgIpc) is 3.10. The Hall–Kier alpha value is -7.07. The van der Waals surface area contributed by atoms with E-state index in [1.807, 2.05) is 0 Å². The molecule has 0 aromatic heterocycles. The molecule has 12 N–H and O–H groups in total. The van der Waals surface area contributed by atoms with Crippen molar-refractivity contribution in [2.45, 2.75) is 36.8 Å². The molecular weight excluding hydrogens is 700 g/mol. The minimum Gasteiger partial charge on any atom is -0.508 e. The summed E-state index contributed by atoms with van der Waals surface area (Å²) in [5.74, 6) is -10.3. The van der Waals surface area contributed by atoms with Gasteiger partial charge in [0.2, 0.25) is 0 Å². The summed E-state index contributed by atoms with van der Waals surface area (Å²) in [6.07, 6.45) is -5.98. The Kier molecular flexibility index (Phi) is 8.18. The number of aliphatic hydroxyl groups excluding tert-OH is 1. The largest absolute Gasteiger partial charge is 0.508 e. The first kappa shape index (κ1) is 34.4. The van der Waals surface area contributed by atoms with Crippen molar-refractivity contribution in [2.75, 3.05) is 0 Å². The Labute approximate surface area is 297 Å². The molecule has 0 bridgehead atoms. The maximum Gasteiger partial charge on any atom is 0.338 e. The van der Waals surface area contributed by atoms with Crippen LogP contribution in [0, 0.1) is 0 Å². The summed E-state index contributed by atoms with van der Waals surface area (Å²) >= 11 is 0. The molecule has 0 fully saturated rings. The van der Waals surface area contributed by atoms with Gasteiger partial charge in [-0.1, -0.05) is 12.1 Å². The van der Waals surface area contributed by atoms with E-state index in [4.69, 9.17) is 14.2 Å². The van der Waals surface area contributed by atoms with Gasteiger partial charge in [0.15, 0.2) is 58.2 Å². The molecule has 7 rings (SSSR count). The van der Waals surface area contributed by atoms with E-state index in [0.29, 0.717) is 0 Å². The van der Waals surface area contributed by atoms with Crippen LogP contribution < -0.4 is 9.47 Å². The van der Waals surface area contributed by atoms with E-state index in [-0.39, 0.29) is 51.5 Å². The van der Waals surface area contributed by atoms with E-state index in [1.54, 1.807) is 0 Å². The zero-order valence-corrected chi connectivity index (χ0v) is 26.9. The number of ether oxygens (including phenoxy) is 3. The normalized spacial score (nSPS) is 20.4. The maximum absolute atomic E-state index is 13.8. The third kappa shape index (κ3) is 5.85. The Morgan fingerprint density at radius 3 is 1.85 bits per heavy atom. The molecule has 2 heterocycles. The molecule has 2 aliphatic heterocycles. The van der Waals surface area contributed by atoms with Gasteiger partial charge in [-0.15, -0.1) is 0 Å². The van der Waals surface area contributed by atoms with Gasteiger partial charge in [0.1, 0.15) is 34.9 Å². The molecule has 274 valence electrons. The molecule has 0 spiro atoms. The van der Waals surface area contributed by atoms with Gasteiger partial charge in [0.25, 0.3) is 0 Å². The third-order valence-corrected chi connectivity index (χ3v) is 9.20. The fourth-order valence-corrected chi connectivity index (χ4v) is 6.72. The number of hydrogen-bond acceptors (Lipinski definition) is 16. The number of fused-ring (bicyclic) bond motifs is 2. The number of phenolic OH excluding ortho intramolecular Hbond substituents is 11. The van der Waals surface area contributed by atoms with E-state index < -0.39 is 99.4 Å². The highest BCUT2D eigenvalue weighted by Crippen LogP contribution is 2.56. The van der Waals surface area contributed by atoms with E-state index in [9.17, 15) is 66.1 Å². The molecule has 0 amide bonds. The number of carbonyl (C=O) groups is 1. The summed E-state index contributed by atoms with van der Waals surface area (Å²) in [5, 5.41) is 125. The van der Waals surface area contributed by atoms with Crippen molar-refractivity contribution in [3.8, 4) is 74.7 Å². The highest BCUT2D eigenvalue weighted by Gasteiger charge is 2.48. The van der Waals surface area contributed by atoms with Crippen LogP contribution in [0.2, 0.25) is 0 Å². The monoisotopic (exact) mass is 730 g/mol. The predicted molar refractivity (Wildman–Crippen MR) is 178 cm³/mol. The molecule has 53 heavy (non-hydrogen) atoms. The molecule has 0 aliphatic carbocycles. The smallest absolute Gasteiger partial charge is 0.338 e. The minimum atomic E-state index is -1.67. The van der Waals surface area contributed by atoms with Gasteiger partial charge in [-0.05, 0) is 48.0 Å². The Bertz CT molecular complexity index is 2260. The molecule has 0 saturated carbocycles. The third-order valence-electron chi connectivity index (χ3n) is 9.20. The number of aromatic hydroxyl groups is 11. The lowest BCUT2D eigenvalue weighted by molar-refractivity contribution is -0.0282. The van der Waals surface area contributed by atoms with Crippen LogP contribution in [0.3, 0.4) is 0 Å². The first-order valence-corrected chi connectivity index (χ1v) is 15.8. The van der Waals surface area contributed by atoms with Gasteiger partial charge in [0, 0.05) is 40.8 Å². The highest BCUT2D eigenvalue weighted by atomic mass is 16.6. The maximum atomic E-state index is 13.8. The summed E-state index contributed by atoms with van der Waals surface area (Å²) < 4.78 is 18.5. The lowest BCUT2D eigenvalue weighted by atomic mass is 9.77. The van der Waals surface area contributed by atoms with Gasteiger partial charge >= 0.3 is 5.97 Å². The molecule has 5 aromatic rings. The summed E-state index contributed by atoms with van der Waals surface area (Å²) in [4.78, 5) is 13.8. The van der Waals surface area contributed by atoms with Crippen LogP contribution >= 0.6 is 0 Å². The Balaban J connectivity index is 1.46. The van der Waals surface area contributed by atoms with Crippen molar-refractivity contribution in [1.82, 2.24) is 0 Å². The summed E-state index contributed by atoms with van der Waals surface area (Å²) in [6, 6.07) is 12.1. The molecule has 5 unspecified atom stereocenters. The van der Waals surface area contributed by atoms with Crippen LogP contribution in [0.15, 0.2) is 66.7 Å². The Morgan fingerprint density at radius 1 is 0.604 bits per heavy atom. The average molecular weight is 731 g/mol. The number of rotatable bonds is 5. The molecule has 5 aromatic carbocycles. The van der Waals surface area contributed by atoms with Gasteiger partial charge in [0.05, 0.1) is 17.6 Å². The Morgan fingerprint density at radius 2 is 1.21 bits per heavy atom. The second-order valence-corrected chi connectivity index (χ2v) is 12.6. The van der Waals surface area contributed by atoms with Crippen molar-refractivity contribution in [3.63, 3.8) is 0 Å². The first-order chi connectivity index (χ1) is 25.1. The SMILES string of the molecule is O=C(OC1C(c2cc(O)c(O)c(O)c2)Oc2cc(O)cc(O)c2C1c1ccc(O)c2c1OC(c1ccc(O)c(O)c1)C(O)C2)c1cc(O)c(O)c(O)c1. The lowest BCUT2D eigenvalue weighted by Gasteiger charge is -2.41. The zero-order chi connectivity index (χ0) is 38.0. The van der Waals surface area contributed by atoms with E-state index in [1.165, 1.54) is 30.3 Å².